The zero-order valence-corrected chi connectivity index (χ0v) is 6.22. The molecule has 1 saturated carbocycles. The normalized spacial score (nSPS) is 40.9. The van der Waals surface area contributed by atoms with Gasteiger partial charge in [-0.05, 0) is 12.8 Å². The fraction of sp³-hybridized carbons (Fsp3) is 1.00. The third-order valence-corrected chi connectivity index (χ3v) is 2.31. The molecule has 4 N–H and O–H groups in total. The molecule has 1 aliphatic carbocycles. The van der Waals surface area contributed by atoms with Gasteiger partial charge in [0.25, 0.3) is 0 Å². The first-order valence-corrected chi connectivity index (χ1v) is 3.82. The van der Waals surface area contributed by atoms with Crippen LogP contribution < -0.4 is 0 Å². The van der Waals surface area contributed by atoms with Crippen molar-refractivity contribution in [3.63, 3.8) is 0 Å². The van der Waals surface area contributed by atoms with Gasteiger partial charge < -0.3 is 20.4 Å². The van der Waals surface area contributed by atoms with Crippen molar-refractivity contribution in [1.82, 2.24) is 0 Å². The van der Waals surface area contributed by atoms with Gasteiger partial charge in [-0.2, -0.15) is 0 Å². The van der Waals surface area contributed by atoms with Gasteiger partial charge in [0.2, 0.25) is 0 Å². The summed E-state index contributed by atoms with van der Waals surface area (Å²) in [6.45, 7) is -0.353. The number of hydrogen-bond donors (Lipinski definition) is 4. The maximum absolute atomic E-state index is 9.24. The third-order valence-electron chi connectivity index (χ3n) is 2.31. The van der Waals surface area contributed by atoms with Gasteiger partial charge >= 0.3 is 0 Å². The Labute approximate surface area is 65.1 Å². The van der Waals surface area contributed by atoms with Crippen molar-refractivity contribution >= 4 is 0 Å². The minimum absolute atomic E-state index is 0.353. The van der Waals surface area contributed by atoms with E-state index in [0.29, 0.717) is 12.8 Å². The summed E-state index contributed by atoms with van der Waals surface area (Å²) in [6.07, 6.45) is -1.44. The van der Waals surface area contributed by atoms with Crippen LogP contribution in [0.15, 0.2) is 0 Å². The maximum atomic E-state index is 9.24. The van der Waals surface area contributed by atoms with E-state index in [4.69, 9.17) is 15.3 Å². The maximum Gasteiger partial charge on any atom is 0.0852 e. The van der Waals surface area contributed by atoms with Crippen LogP contribution in [0.5, 0.6) is 0 Å². The van der Waals surface area contributed by atoms with E-state index in [9.17, 15) is 5.11 Å². The quantitative estimate of drug-likeness (QED) is 0.397. The summed E-state index contributed by atoms with van der Waals surface area (Å²) in [5, 5.41) is 36.0. The highest BCUT2D eigenvalue weighted by Gasteiger charge is 2.37. The fourth-order valence-electron chi connectivity index (χ4n) is 1.55. The van der Waals surface area contributed by atoms with Gasteiger partial charge in [0.05, 0.1) is 24.9 Å². The molecule has 66 valence electrons. The van der Waals surface area contributed by atoms with Crippen LogP contribution in [0.4, 0.5) is 0 Å². The topological polar surface area (TPSA) is 80.9 Å². The summed E-state index contributed by atoms with van der Waals surface area (Å²) in [4.78, 5) is 0. The Balaban J connectivity index is 2.47. The first kappa shape index (κ1) is 8.93. The summed E-state index contributed by atoms with van der Waals surface area (Å²) in [5.74, 6) is -0.366. The van der Waals surface area contributed by atoms with Gasteiger partial charge in [0.1, 0.15) is 0 Å². The number of aliphatic hydroxyl groups is 4. The lowest BCUT2D eigenvalue weighted by atomic mass is 9.99. The van der Waals surface area contributed by atoms with Gasteiger partial charge in [-0.25, -0.2) is 0 Å². The van der Waals surface area contributed by atoms with Gasteiger partial charge in [-0.3, -0.25) is 0 Å². The van der Waals surface area contributed by atoms with Gasteiger partial charge in [-0.15, -0.1) is 0 Å². The molecule has 0 bridgehead atoms. The van der Waals surface area contributed by atoms with E-state index in [0.717, 1.165) is 0 Å². The molecule has 4 atom stereocenters. The molecule has 0 aromatic rings. The third kappa shape index (κ3) is 1.70. The molecular formula is C7H14O4. The van der Waals surface area contributed by atoms with E-state index >= 15 is 0 Å². The number of aliphatic hydroxyl groups excluding tert-OH is 4. The van der Waals surface area contributed by atoms with Crippen LogP contribution in [-0.4, -0.2) is 45.3 Å². The number of hydrogen-bond acceptors (Lipinski definition) is 4. The van der Waals surface area contributed by atoms with Crippen LogP contribution in [0.2, 0.25) is 0 Å². The molecule has 0 aromatic carbocycles. The molecule has 1 rings (SSSR count). The molecule has 4 heteroatoms. The Morgan fingerprint density at radius 1 is 1.27 bits per heavy atom. The molecule has 0 radical (unpaired) electrons. The van der Waals surface area contributed by atoms with E-state index in [1.54, 1.807) is 0 Å². The van der Waals surface area contributed by atoms with Crippen molar-refractivity contribution in [2.24, 2.45) is 5.92 Å². The molecule has 4 unspecified atom stereocenters. The second-order valence-corrected chi connectivity index (χ2v) is 3.05. The zero-order valence-electron chi connectivity index (χ0n) is 6.22. The Kier molecular flexibility index (Phi) is 2.84. The fourth-order valence-corrected chi connectivity index (χ4v) is 1.55. The monoisotopic (exact) mass is 162 g/mol. The van der Waals surface area contributed by atoms with Gasteiger partial charge in [0, 0.05) is 5.92 Å². The number of rotatable bonds is 2. The van der Waals surface area contributed by atoms with E-state index < -0.39 is 18.3 Å². The first-order chi connectivity index (χ1) is 5.16. The molecule has 0 saturated heterocycles. The second-order valence-electron chi connectivity index (χ2n) is 3.05. The van der Waals surface area contributed by atoms with Crippen molar-refractivity contribution < 1.29 is 20.4 Å². The minimum atomic E-state index is -0.901. The van der Waals surface area contributed by atoms with Crippen LogP contribution in [-0.2, 0) is 0 Å². The van der Waals surface area contributed by atoms with Gasteiger partial charge in [0.15, 0.2) is 0 Å². The largest absolute Gasteiger partial charge is 0.394 e. The minimum Gasteiger partial charge on any atom is -0.394 e. The lowest BCUT2D eigenvalue weighted by Crippen LogP contribution is -2.34. The SMILES string of the molecule is OCC(O)C1CCC(O)C1O. The van der Waals surface area contributed by atoms with Crippen molar-refractivity contribution in [3.05, 3.63) is 0 Å². The Morgan fingerprint density at radius 3 is 2.27 bits per heavy atom. The second kappa shape index (κ2) is 3.49. The van der Waals surface area contributed by atoms with Crippen molar-refractivity contribution in [2.75, 3.05) is 6.61 Å². The van der Waals surface area contributed by atoms with Crippen molar-refractivity contribution in [3.8, 4) is 0 Å². The smallest absolute Gasteiger partial charge is 0.0852 e. The van der Waals surface area contributed by atoms with Crippen LogP contribution in [0, 0.1) is 5.92 Å². The molecule has 0 aliphatic heterocycles. The summed E-state index contributed by atoms with van der Waals surface area (Å²) >= 11 is 0. The van der Waals surface area contributed by atoms with E-state index in [2.05, 4.69) is 0 Å². The summed E-state index contributed by atoms with van der Waals surface area (Å²) in [7, 11) is 0. The highest BCUT2D eigenvalue weighted by molar-refractivity contribution is 4.87. The van der Waals surface area contributed by atoms with Crippen LogP contribution in [0.3, 0.4) is 0 Å². The lowest BCUT2D eigenvalue weighted by Gasteiger charge is -2.20. The zero-order chi connectivity index (χ0) is 8.43. The van der Waals surface area contributed by atoms with Crippen molar-refractivity contribution in [1.29, 1.82) is 0 Å². The van der Waals surface area contributed by atoms with Gasteiger partial charge in [-0.1, -0.05) is 0 Å². The molecule has 0 spiro atoms. The molecule has 4 nitrogen and oxygen atoms in total. The average Bonchev–Trinajstić information content (AvgIpc) is 2.32. The van der Waals surface area contributed by atoms with E-state index in [1.165, 1.54) is 0 Å². The van der Waals surface area contributed by atoms with Crippen LogP contribution in [0.1, 0.15) is 12.8 Å². The molecule has 0 amide bonds. The first-order valence-electron chi connectivity index (χ1n) is 3.82. The Hall–Kier alpha value is -0.160. The molecule has 1 aliphatic rings. The van der Waals surface area contributed by atoms with E-state index in [1.807, 2.05) is 0 Å². The molecule has 1 fully saturated rings. The predicted octanol–water partition coefficient (Wildman–Crippen LogP) is -1.53. The molecular weight excluding hydrogens is 148 g/mol. The Bertz CT molecular complexity index is 128. The average molecular weight is 162 g/mol. The van der Waals surface area contributed by atoms with E-state index in [-0.39, 0.29) is 12.5 Å². The summed E-state index contributed by atoms with van der Waals surface area (Å²) in [5.41, 5.74) is 0. The highest BCUT2D eigenvalue weighted by atomic mass is 16.3. The summed E-state index contributed by atoms with van der Waals surface area (Å²) in [6, 6.07) is 0. The highest BCUT2D eigenvalue weighted by Crippen LogP contribution is 2.28. The van der Waals surface area contributed by atoms with Crippen LogP contribution in [0.25, 0.3) is 0 Å². The molecule has 11 heavy (non-hydrogen) atoms. The van der Waals surface area contributed by atoms with Crippen molar-refractivity contribution in [2.45, 2.75) is 31.2 Å². The predicted molar refractivity (Wildman–Crippen MR) is 37.8 cm³/mol. The molecule has 0 heterocycles. The lowest BCUT2D eigenvalue weighted by molar-refractivity contribution is -0.0361. The Morgan fingerprint density at radius 2 is 1.91 bits per heavy atom. The molecule has 0 aromatic heterocycles. The summed E-state index contributed by atoms with van der Waals surface area (Å²) < 4.78 is 0. The standard InChI is InChI=1S/C7H14O4/c8-3-6(10)4-1-2-5(9)7(4)11/h4-11H,1-3H2. The van der Waals surface area contributed by atoms with Crippen LogP contribution >= 0.6 is 0 Å².